The first-order chi connectivity index (χ1) is 14.3. The lowest BCUT2D eigenvalue weighted by atomic mass is 10.1. The molecule has 1 saturated heterocycles. The second-order valence-corrected chi connectivity index (χ2v) is 6.93. The zero-order valence-electron chi connectivity index (χ0n) is 16.9. The molecule has 0 saturated carbocycles. The number of hydrogen-bond acceptors (Lipinski definition) is 6. The summed E-state index contributed by atoms with van der Waals surface area (Å²) in [6, 6.07) is 10.1. The number of aliphatic imine (C=N–C) groups is 1. The second-order valence-electron chi connectivity index (χ2n) is 6.93. The molecule has 0 aromatic carbocycles. The molecule has 0 atom stereocenters. The highest BCUT2D eigenvalue weighted by Crippen LogP contribution is 2.17. The fourth-order valence-electron chi connectivity index (χ4n) is 3.40. The van der Waals surface area contributed by atoms with Crippen molar-refractivity contribution >= 4 is 35.8 Å². The minimum atomic E-state index is 0. The van der Waals surface area contributed by atoms with Crippen LogP contribution in [0.3, 0.4) is 0 Å². The van der Waals surface area contributed by atoms with Gasteiger partial charge in [0, 0.05) is 45.3 Å². The summed E-state index contributed by atoms with van der Waals surface area (Å²) in [4.78, 5) is 15.6. The Kier molecular flexibility index (Phi) is 8.05. The first kappa shape index (κ1) is 22.1. The van der Waals surface area contributed by atoms with Gasteiger partial charge >= 0.3 is 0 Å². The average Bonchev–Trinajstić information content (AvgIpc) is 3.46. The third kappa shape index (κ3) is 5.71. The Morgan fingerprint density at radius 3 is 2.83 bits per heavy atom. The van der Waals surface area contributed by atoms with Crippen LogP contribution in [0.1, 0.15) is 18.7 Å². The molecule has 4 heterocycles. The molecule has 1 aliphatic heterocycles. The number of H-pyrrole nitrogens is 1. The van der Waals surface area contributed by atoms with E-state index < -0.39 is 0 Å². The Labute approximate surface area is 192 Å². The van der Waals surface area contributed by atoms with E-state index in [1.807, 2.05) is 30.5 Å². The van der Waals surface area contributed by atoms with Crippen molar-refractivity contribution in [2.45, 2.75) is 25.3 Å². The number of aromatic nitrogens is 4. The van der Waals surface area contributed by atoms with Crippen LogP contribution >= 0.6 is 24.0 Å². The summed E-state index contributed by atoms with van der Waals surface area (Å²) in [7, 11) is 1.79. The molecule has 3 N–H and O–H groups in total. The molecule has 9 nitrogen and oxygen atoms in total. The summed E-state index contributed by atoms with van der Waals surface area (Å²) in [5, 5.41) is 14.0. The summed E-state index contributed by atoms with van der Waals surface area (Å²) >= 11 is 0. The SMILES string of the molecule is CN=C(NCCc1nc(-c2ccco2)n[nH]1)NC1CCN(c2ccccn2)CC1.I. The summed E-state index contributed by atoms with van der Waals surface area (Å²) < 4.78 is 5.32. The fourth-order valence-corrected chi connectivity index (χ4v) is 3.40. The van der Waals surface area contributed by atoms with Gasteiger partial charge in [0.05, 0.1) is 6.26 Å². The molecule has 30 heavy (non-hydrogen) atoms. The van der Waals surface area contributed by atoms with Crippen molar-refractivity contribution in [1.82, 2.24) is 30.8 Å². The largest absolute Gasteiger partial charge is 0.461 e. The topological polar surface area (TPSA) is 107 Å². The van der Waals surface area contributed by atoms with Crippen molar-refractivity contribution in [3.8, 4) is 11.6 Å². The number of aromatic amines is 1. The summed E-state index contributed by atoms with van der Waals surface area (Å²) in [5.74, 6) is 3.91. The summed E-state index contributed by atoms with van der Waals surface area (Å²) in [6.07, 6.45) is 6.27. The lowest BCUT2D eigenvalue weighted by Crippen LogP contribution is -2.49. The minimum Gasteiger partial charge on any atom is -0.461 e. The molecule has 0 amide bonds. The average molecular weight is 522 g/mol. The van der Waals surface area contributed by atoms with Gasteiger partial charge in [-0.1, -0.05) is 6.07 Å². The Morgan fingerprint density at radius 2 is 2.13 bits per heavy atom. The Bertz CT molecular complexity index is 904. The van der Waals surface area contributed by atoms with Gasteiger partial charge in [-0.3, -0.25) is 10.1 Å². The molecule has 3 aromatic heterocycles. The first-order valence-electron chi connectivity index (χ1n) is 9.90. The van der Waals surface area contributed by atoms with Crippen molar-refractivity contribution in [3.05, 3.63) is 48.6 Å². The molecule has 10 heteroatoms. The number of rotatable bonds is 6. The molecule has 160 valence electrons. The number of nitrogens with one attached hydrogen (secondary N) is 3. The number of furan rings is 1. The van der Waals surface area contributed by atoms with E-state index >= 15 is 0 Å². The molecule has 0 spiro atoms. The highest BCUT2D eigenvalue weighted by molar-refractivity contribution is 14.0. The number of anilines is 1. The first-order valence-corrected chi connectivity index (χ1v) is 9.90. The van der Waals surface area contributed by atoms with E-state index in [-0.39, 0.29) is 24.0 Å². The van der Waals surface area contributed by atoms with Crippen molar-refractivity contribution in [3.63, 3.8) is 0 Å². The van der Waals surface area contributed by atoms with Crippen molar-refractivity contribution in [1.29, 1.82) is 0 Å². The van der Waals surface area contributed by atoms with Crippen LogP contribution in [0.25, 0.3) is 11.6 Å². The van der Waals surface area contributed by atoms with E-state index in [1.54, 1.807) is 13.3 Å². The predicted octanol–water partition coefficient (Wildman–Crippen LogP) is 2.45. The van der Waals surface area contributed by atoms with Gasteiger partial charge < -0.3 is 20.0 Å². The lowest BCUT2D eigenvalue weighted by Gasteiger charge is -2.33. The Balaban J connectivity index is 0.00000256. The molecule has 3 aromatic rings. The van der Waals surface area contributed by atoms with Crippen LogP contribution < -0.4 is 15.5 Å². The second kappa shape index (κ2) is 11.0. The van der Waals surface area contributed by atoms with E-state index in [4.69, 9.17) is 4.42 Å². The predicted molar refractivity (Wildman–Crippen MR) is 127 cm³/mol. The van der Waals surface area contributed by atoms with E-state index in [1.165, 1.54) is 0 Å². The Morgan fingerprint density at radius 1 is 1.27 bits per heavy atom. The quantitative estimate of drug-likeness (QED) is 0.260. The van der Waals surface area contributed by atoms with Crippen LogP contribution in [0.4, 0.5) is 5.82 Å². The van der Waals surface area contributed by atoms with Crippen LogP contribution in [-0.4, -0.2) is 58.8 Å². The minimum absolute atomic E-state index is 0. The van der Waals surface area contributed by atoms with Gasteiger partial charge in [0.1, 0.15) is 11.6 Å². The monoisotopic (exact) mass is 522 g/mol. The van der Waals surface area contributed by atoms with Gasteiger partial charge in [0.25, 0.3) is 0 Å². The van der Waals surface area contributed by atoms with E-state index in [0.29, 0.717) is 30.6 Å². The molecular weight excluding hydrogens is 495 g/mol. The van der Waals surface area contributed by atoms with Crippen LogP contribution in [0, 0.1) is 0 Å². The zero-order chi connectivity index (χ0) is 19.9. The molecule has 4 rings (SSSR count). The third-order valence-electron chi connectivity index (χ3n) is 4.96. The maximum Gasteiger partial charge on any atom is 0.216 e. The number of halogens is 1. The molecular formula is C20H27IN8O. The van der Waals surface area contributed by atoms with Gasteiger partial charge in [-0.05, 0) is 37.1 Å². The highest BCUT2D eigenvalue weighted by atomic mass is 127. The number of pyridine rings is 1. The van der Waals surface area contributed by atoms with Crippen LogP contribution in [0.15, 0.2) is 52.2 Å². The van der Waals surface area contributed by atoms with Crippen molar-refractivity contribution in [2.75, 3.05) is 31.6 Å². The summed E-state index contributed by atoms with van der Waals surface area (Å²) in [5.41, 5.74) is 0. The van der Waals surface area contributed by atoms with Crippen LogP contribution in [0.5, 0.6) is 0 Å². The molecule has 1 aliphatic rings. The van der Waals surface area contributed by atoms with Gasteiger partial charge in [0.2, 0.25) is 5.82 Å². The van der Waals surface area contributed by atoms with Gasteiger partial charge in [-0.25, -0.2) is 9.97 Å². The fraction of sp³-hybridized carbons (Fsp3) is 0.400. The van der Waals surface area contributed by atoms with Crippen LogP contribution in [0.2, 0.25) is 0 Å². The summed E-state index contributed by atoms with van der Waals surface area (Å²) in [6.45, 7) is 2.68. The maximum atomic E-state index is 5.32. The van der Waals surface area contributed by atoms with Crippen molar-refractivity contribution in [2.24, 2.45) is 4.99 Å². The zero-order valence-corrected chi connectivity index (χ0v) is 19.2. The molecule has 0 unspecified atom stereocenters. The normalized spacial score (nSPS) is 15.0. The smallest absolute Gasteiger partial charge is 0.216 e. The molecule has 0 aliphatic carbocycles. The van der Waals surface area contributed by atoms with Gasteiger partial charge in [0.15, 0.2) is 11.7 Å². The number of hydrogen-bond donors (Lipinski definition) is 3. The Hall–Kier alpha value is -2.63. The van der Waals surface area contributed by atoms with E-state index in [2.05, 4.69) is 46.8 Å². The molecule has 0 radical (unpaired) electrons. The molecule has 1 fully saturated rings. The van der Waals surface area contributed by atoms with E-state index in [0.717, 1.165) is 43.5 Å². The number of piperidine rings is 1. The van der Waals surface area contributed by atoms with Gasteiger partial charge in [-0.15, -0.1) is 24.0 Å². The maximum absolute atomic E-state index is 5.32. The molecule has 0 bridgehead atoms. The number of guanidine groups is 1. The highest BCUT2D eigenvalue weighted by Gasteiger charge is 2.20. The standard InChI is InChI=1S/C20H26N8O.HI/c1-21-20(23-11-7-17-25-19(27-26-17)16-5-4-14-29-16)24-15-8-12-28(13-9-15)18-6-2-3-10-22-18;/h2-6,10,14-15H,7-9,11-13H2,1H3,(H2,21,23,24)(H,25,26,27);1H. The van der Waals surface area contributed by atoms with Crippen LogP contribution in [-0.2, 0) is 6.42 Å². The lowest BCUT2D eigenvalue weighted by molar-refractivity contribution is 0.459. The van der Waals surface area contributed by atoms with E-state index in [9.17, 15) is 0 Å². The third-order valence-corrected chi connectivity index (χ3v) is 4.96. The van der Waals surface area contributed by atoms with Gasteiger partial charge in [-0.2, -0.15) is 5.10 Å². The van der Waals surface area contributed by atoms with Crippen molar-refractivity contribution < 1.29 is 4.42 Å². The number of nitrogens with zero attached hydrogens (tertiary/aromatic N) is 5.